The van der Waals surface area contributed by atoms with Crippen LogP contribution in [0, 0.1) is 0 Å². The summed E-state index contributed by atoms with van der Waals surface area (Å²) in [7, 11) is 0. The molecule has 0 saturated heterocycles. The minimum atomic E-state index is 0.498. The van der Waals surface area contributed by atoms with Gasteiger partial charge in [-0.3, -0.25) is 4.90 Å². The maximum atomic E-state index is 3.63. The Morgan fingerprint density at radius 1 is 1.00 bits per heavy atom. The normalized spacial score (nSPS) is 12.8. The quantitative estimate of drug-likeness (QED) is 0.644. The molecular weight excluding hydrogens is 232 g/mol. The van der Waals surface area contributed by atoms with Gasteiger partial charge in [0.15, 0.2) is 0 Å². The van der Waals surface area contributed by atoms with E-state index in [1.807, 2.05) is 0 Å². The molecule has 2 heteroatoms. The van der Waals surface area contributed by atoms with Crippen LogP contribution in [-0.2, 0) is 0 Å². The van der Waals surface area contributed by atoms with Gasteiger partial charge < -0.3 is 5.32 Å². The van der Waals surface area contributed by atoms with E-state index in [1.54, 1.807) is 0 Å². The van der Waals surface area contributed by atoms with Crippen molar-refractivity contribution in [2.45, 2.75) is 46.1 Å². The van der Waals surface area contributed by atoms with Crippen molar-refractivity contribution in [2.24, 2.45) is 0 Å². The fourth-order valence-corrected chi connectivity index (χ4v) is 2.54. The van der Waals surface area contributed by atoms with Crippen molar-refractivity contribution in [3.05, 3.63) is 35.9 Å². The highest BCUT2D eigenvalue weighted by Gasteiger charge is 2.16. The van der Waals surface area contributed by atoms with Crippen LogP contribution >= 0.6 is 0 Å². The van der Waals surface area contributed by atoms with Gasteiger partial charge in [-0.2, -0.15) is 0 Å². The summed E-state index contributed by atoms with van der Waals surface area (Å²) in [6.07, 6.45) is 3.91. The third-order valence-electron chi connectivity index (χ3n) is 3.73. The van der Waals surface area contributed by atoms with Gasteiger partial charge in [0.05, 0.1) is 0 Å². The number of likely N-dealkylation sites (N-methyl/N-ethyl adjacent to an activating group) is 1. The van der Waals surface area contributed by atoms with Crippen molar-refractivity contribution >= 4 is 0 Å². The molecule has 0 aromatic heterocycles. The second-order valence-electron chi connectivity index (χ2n) is 5.06. The van der Waals surface area contributed by atoms with Gasteiger partial charge in [-0.25, -0.2) is 0 Å². The summed E-state index contributed by atoms with van der Waals surface area (Å²) in [6.45, 7) is 11.1. The van der Waals surface area contributed by atoms with Crippen LogP contribution in [0.2, 0.25) is 0 Å². The molecule has 0 amide bonds. The zero-order valence-corrected chi connectivity index (χ0v) is 12.9. The van der Waals surface area contributed by atoms with Gasteiger partial charge in [0.25, 0.3) is 0 Å². The van der Waals surface area contributed by atoms with Gasteiger partial charge in [0.2, 0.25) is 0 Å². The molecule has 1 aromatic carbocycles. The van der Waals surface area contributed by atoms with E-state index in [0.29, 0.717) is 6.04 Å². The Kier molecular flexibility index (Phi) is 8.52. The predicted molar refractivity (Wildman–Crippen MR) is 84.5 cm³/mol. The number of unbranched alkanes of at least 4 members (excludes halogenated alkanes) is 2. The molecule has 1 aromatic rings. The highest BCUT2D eigenvalue weighted by molar-refractivity contribution is 5.19. The first-order valence-corrected chi connectivity index (χ1v) is 7.83. The SMILES string of the molecule is CCCCCNCC(c1ccccc1)N(CC)CC. The van der Waals surface area contributed by atoms with Crippen LogP contribution in [0.25, 0.3) is 0 Å². The number of hydrogen-bond donors (Lipinski definition) is 1. The van der Waals surface area contributed by atoms with E-state index >= 15 is 0 Å². The molecule has 0 aliphatic heterocycles. The van der Waals surface area contributed by atoms with Crippen molar-refractivity contribution in [2.75, 3.05) is 26.2 Å². The van der Waals surface area contributed by atoms with Crippen molar-refractivity contribution in [1.82, 2.24) is 10.2 Å². The van der Waals surface area contributed by atoms with Crippen LogP contribution in [-0.4, -0.2) is 31.1 Å². The number of nitrogens with zero attached hydrogens (tertiary/aromatic N) is 1. The van der Waals surface area contributed by atoms with Gasteiger partial charge in [0.1, 0.15) is 0 Å². The molecule has 0 heterocycles. The molecule has 2 nitrogen and oxygen atoms in total. The van der Waals surface area contributed by atoms with E-state index in [9.17, 15) is 0 Å². The van der Waals surface area contributed by atoms with E-state index in [1.165, 1.54) is 24.8 Å². The van der Waals surface area contributed by atoms with Gasteiger partial charge in [-0.1, -0.05) is 63.9 Å². The summed E-state index contributed by atoms with van der Waals surface area (Å²) in [6, 6.07) is 11.4. The third kappa shape index (κ3) is 5.75. The van der Waals surface area contributed by atoms with E-state index in [4.69, 9.17) is 0 Å². The summed E-state index contributed by atoms with van der Waals surface area (Å²) in [5.74, 6) is 0. The predicted octanol–water partition coefficient (Wildman–Crippen LogP) is 3.85. The molecule has 0 spiro atoms. The first-order chi connectivity index (χ1) is 9.33. The summed E-state index contributed by atoms with van der Waals surface area (Å²) >= 11 is 0. The maximum absolute atomic E-state index is 3.63. The lowest BCUT2D eigenvalue weighted by molar-refractivity contribution is 0.213. The van der Waals surface area contributed by atoms with Crippen molar-refractivity contribution < 1.29 is 0 Å². The third-order valence-corrected chi connectivity index (χ3v) is 3.73. The summed E-state index contributed by atoms with van der Waals surface area (Å²) in [5, 5.41) is 3.63. The monoisotopic (exact) mass is 262 g/mol. The lowest BCUT2D eigenvalue weighted by atomic mass is 10.0. The molecule has 19 heavy (non-hydrogen) atoms. The Balaban J connectivity index is 2.55. The van der Waals surface area contributed by atoms with Crippen LogP contribution in [0.1, 0.15) is 51.6 Å². The van der Waals surface area contributed by atoms with E-state index in [-0.39, 0.29) is 0 Å². The second-order valence-corrected chi connectivity index (χ2v) is 5.06. The molecule has 0 fully saturated rings. The second kappa shape index (κ2) is 9.99. The lowest BCUT2D eigenvalue weighted by Gasteiger charge is -2.30. The minimum Gasteiger partial charge on any atom is -0.315 e. The molecular formula is C17H30N2. The molecule has 1 unspecified atom stereocenters. The Morgan fingerprint density at radius 3 is 2.26 bits per heavy atom. The van der Waals surface area contributed by atoms with Crippen molar-refractivity contribution in [1.29, 1.82) is 0 Å². The van der Waals surface area contributed by atoms with Gasteiger partial charge in [0, 0.05) is 12.6 Å². The Hall–Kier alpha value is -0.860. The first-order valence-electron chi connectivity index (χ1n) is 7.83. The molecule has 1 atom stereocenters. The van der Waals surface area contributed by atoms with E-state index in [0.717, 1.165) is 26.2 Å². The number of rotatable bonds is 10. The molecule has 108 valence electrons. The molecule has 0 bridgehead atoms. The van der Waals surface area contributed by atoms with Gasteiger partial charge in [-0.05, 0) is 31.6 Å². The maximum Gasteiger partial charge on any atom is 0.0472 e. The fraction of sp³-hybridized carbons (Fsp3) is 0.647. The summed E-state index contributed by atoms with van der Waals surface area (Å²) < 4.78 is 0. The molecule has 0 radical (unpaired) electrons. The fourth-order valence-electron chi connectivity index (χ4n) is 2.54. The average Bonchev–Trinajstić information content (AvgIpc) is 2.47. The largest absolute Gasteiger partial charge is 0.315 e. The highest BCUT2D eigenvalue weighted by atomic mass is 15.2. The van der Waals surface area contributed by atoms with Crippen LogP contribution in [0.3, 0.4) is 0 Å². The van der Waals surface area contributed by atoms with E-state index in [2.05, 4.69) is 61.3 Å². The molecule has 0 saturated carbocycles. The number of benzene rings is 1. The minimum absolute atomic E-state index is 0.498. The van der Waals surface area contributed by atoms with Crippen LogP contribution in [0.15, 0.2) is 30.3 Å². The Morgan fingerprint density at radius 2 is 1.68 bits per heavy atom. The zero-order valence-electron chi connectivity index (χ0n) is 12.9. The van der Waals surface area contributed by atoms with Crippen molar-refractivity contribution in [3.63, 3.8) is 0 Å². The van der Waals surface area contributed by atoms with Crippen LogP contribution in [0.5, 0.6) is 0 Å². The summed E-state index contributed by atoms with van der Waals surface area (Å²) in [5.41, 5.74) is 1.43. The van der Waals surface area contributed by atoms with Crippen LogP contribution in [0.4, 0.5) is 0 Å². The number of nitrogens with one attached hydrogen (secondary N) is 1. The van der Waals surface area contributed by atoms with E-state index < -0.39 is 0 Å². The smallest absolute Gasteiger partial charge is 0.0472 e. The average molecular weight is 262 g/mol. The molecule has 1 N–H and O–H groups in total. The van der Waals surface area contributed by atoms with Crippen molar-refractivity contribution in [3.8, 4) is 0 Å². The molecule has 0 aliphatic rings. The Bertz CT molecular complexity index is 306. The number of hydrogen-bond acceptors (Lipinski definition) is 2. The highest BCUT2D eigenvalue weighted by Crippen LogP contribution is 2.19. The lowest BCUT2D eigenvalue weighted by Crippen LogP contribution is -2.36. The van der Waals surface area contributed by atoms with Crippen LogP contribution < -0.4 is 5.32 Å². The topological polar surface area (TPSA) is 15.3 Å². The molecule has 1 rings (SSSR count). The first kappa shape index (κ1) is 16.2. The standard InChI is InChI=1S/C17H30N2/c1-4-7-11-14-18-15-17(19(5-2)6-3)16-12-9-8-10-13-16/h8-10,12-13,17-18H,4-7,11,14-15H2,1-3H3. The summed E-state index contributed by atoms with van der Waals surface area (Å²) in [4.78, 5) is 2.53. The zero-order chi connectivity index (χ0) is 13.9. The van der Waals surface area contributed by atoms with Gasteiger partial charge in [-0.15, -0.1) is 0 Å². The van der Waals surface area contributed by atoms with Gasteiger partial charge >= 0.3 is 0 Å². The Labute approximate surface area is 119 Å². The molecule has 0 aliphatic carbocycles.